The SMILES string of the molecule is CCNc1nnc(SC[C@@H](O)c2ccc(F)cc2)s1. The van der Waals surface area contributed by atoms with Gasteiger partial charge in [0.1, 0.15) is 5.82 Å². The molecule has 2 N–H and O–H groups in total. The van der Waals surface area contributed by atoms with Crippen molar-refractivity contribution in [2.75, 3.05) is 17.6 Å². The highest BCUT2D eigenvalue weighted by atomic mass is 32.2. The second kappa shape index (κ2) is 6.83. The number of aliphatic hydroxyl groups excluding tert-OH is 1. The van der Waals surface area contributed by atoms with Crippen LogP contribution in [-0.2, 0) is 0 Å². The highest BCUT2D eigenvalue weighted by Crippen LogP contribution is 2.29. The van der Waals surface area contributed by atoms with Gasteiger partial charge in [0.05, 0.1) is 6.10 Å². The molecule has 0 fully saturated rings. The molecule has 19 heavy (non-hydrogen) atoms. The number of nitrogens with one attached hydrogen (secondary N) is 1. The van der Waals surface area contributed by atoms with Crippen LogP contribution < -0.4 is 5.32 Å². The number of aliphatic hydroxyl groups is 1. The van der Waals surface area contributed by atoms with Crippen molar-refractivity contribution in [3.05, 3.63) is 35.6 Å². The minimum Gasteiger partial charge on any atom is -0.388 e. The zero-order valence-corrected chi connectivity index (χ0v) is 12.0. The van der Waals surface area contributed by atoms with Gasteiger partial charge in [-0.25, -0.2) is 4.39 Å². The van der Waals surface area contributed by atoms with E-state index in [9.17, 15) is 9.50 Å². The third kappa shape index (κ3) is 4.15. The molecule has 102 valence electrons. The summed E-state index contributed by atoms with van der Waals surface area (Å²) >= 11 is 2.89. The molecule has 0 aliphatic heterocycles. The van der Waals surface area contributed by atoms with Gasteiger partial charge in [0.15, 0.2) is 4.34 Å². The van der Waals surface area contributed by atoms with Crippen molar-refractivity contribution >= 4 is 28.2 Å². The first kappa shape index (κ1) is 14.2. The van der Waals surface area contributed by atoms with Crippen molar-refractivity contribution in [2.24, 2.45) is 0 Å². The van der Waals surface area contributed by atoms with Crippen LogP contribution in [0.4, 0.5) is 9.52 Å². The van der Waals surface area contributed by atoms with Gasteiger partial charge in [-0.2, -0.15) is 0 Å². The maximum absolute atomic E-state index is 12.8. The van der Waals surface area contributed by atoms with Gasteiger partial charge in [-0.05, 0) is 24.6 Å². The summed E-state index contributed by atoms with van der Waals surface area (Å²) in [6, 6.07) is 5.87. The summed E-state index contributed by atoms with van der Waals surface area (Å²) in [7, 11) is 0. The number of thioether (sulfide) groups is 1. The Kier molecular flexibility index (Phi) is 5.12. The smallest absolute Gasteiger partial charge is 0.206 e. The third-order valence-electron chi connectivity index (χ3n) is 2.35. The molecule has 1 atom stereocenters. The molecule has 0 saturated heterocycles. The lowest BCUT2D eigenvalue weighted by atomic mass is 10.1. The molecule has 0 radical (unpaired) electrons. The van der Waals surface area contributed by atoms with Gasteiger partial charge in [-0.1, -0.05) is 35.2 Å². The molecule has 0 aliphatic carbocycles. The maximum Gasteiger partial charge on any atom is 0.206 e. The van der Waals surface area contributed by atoms with Gasteiger partial charge < -0.3 is 10.4 Å². The first-order valence-corrected chi connectivity index (χ1v) is 7.63. The highest BCUT2D eigenvalue weighted by molar-refractivity contribution is 8.01. The largest absolute Gasteiger partial charge is 0.388 e. The Bertz CT molecular complexity index is 518. The van der Waals surface area contributed by atoms with Gasteiger partial charge in [0.2, 0.25) is 5.13 Å². The van der Waals surface area contributed by atoms with E-state index in [-0.39, 0.29) is 5.82 Å². The molecule has 1 aromatic heterocycles. The minimum absolute atomic E-state index is 0.303. The quantitative estimate of drug-likeness (QED) is 0.803. The molecule has 0 bridgehead atoms. The van der Waals surface area contributed by atoms with E-state index in [4.69, 9.17) is 0 Å². The van der Waals surface area contributed by atoms with Gasteiger partial charge in [-0.3, -0.25) is 0 Å². The van der Waals surface area contributed by atoms with E-state index in [1.807, 2.05) is 6.92 Å². The lowest BCUT2D eigenvalue weighted by Gasteiger charge is -2.08. The van der Waals surface area contributed by atoms with Crippen molar-refractivity contribution in [2.45, 2.75) is 17.4 Å². The van der Waals surface area contributed by atoms with E-state index in [0.717, 1.165) is 16.0 Å². The number of halogens is 1. The molecule has 0 aliphatic rings. The van der Waals surface area contributed by atoms with Crippen molar-refractivity contribution in [3.63, 3.8) is 0 Å². The summed E-state index contributed by atoms with van der Waals surface area (Å²) in [6.07, 6.45) is -0.642. The molecule has 2 aromatic rings. The maximum atomic E-state index is 12.8. The molecule has 0 amide bonds. The summed E-state index contributed by atoms with van der Waals surface area (Å²) in [5.74, 6) is 0.162. The van der Waals surface area contributed by atoms with Crippen LogP contribution in [0.25, 0.3) is 0 Å². The monoisotopic (exact) mass is 299 g/mol. The van der Waals surface area contributed by atoms with E-state index >= 15 is 0 Å². The van der Waals surface area contributed by atoms with Crippen LogP contribution in [0.2, 0.25) is 0 Å². The van der Waals surface area contributed by atoms with Crippen molar-refractivity contribution in [3.8, 4) is 0 Å². The number of anilines is 1. The van der Waals surface area contributed by atoms with E-state index in [1.54, 1.807) is 12.1 Å². The van der Waals surface area contributed by atoms with E-state index in [2.05, 4.69) is 15.5 Å². The number of rotatable bonds is 6. The molecule has 0 unspecified atom stereocenters. The lowest BCUT2D eigenvalue weighted by molar-refractivity contribution is 0.204. The van der Waals surface area contributed by atoms with Crippen LogP contribution in [0.15, 0.2) is 28.6 Å². The predicted molar refractivity (Wildman–Crippen MR) is 76.2 cm³/mol. The second-order valence-corrected chi connectivity index (χ2v) is 6.03. The Morgan fingerprint density at radius 2 is 2.11 bits per heavy atom. The van der Waals surface area contributed by atoms with Gasteiger partial charge >= 0.3 is 0 Å². The summed E-state index contributed by atoms with van der Waals surface area (Å²) in [6.45, 7) is 2.80. The number of hydrogen-bond donors (Lipinski definition) is 2. The second-order valence-electron chi connectivity index (χ2n) is 3.78. The van der Waals surface area contributed by atoms with E-state index < -0.39 is 6.10 Å². The fourth-order valence-electron chi connectivity index (χ4n) is 1.42. The Morgan fingerprint density at radius 3 is 2.79 bits per heavy atom. The average Bonchev–Trinajstić information content (AvgIpc) is 2.85. The summed E-state index contributed by atoms with van der Waals surface area (Å²) in [5, 5.41) is 21.8. The summed E-state index contributed by atoms with van der Waals surface area (Å²) in [4.78, 5) is 0. The molecule has 1 aromatic carbocycles. The predicted octanol–water partition coefficient (Wildman–Crippen LogP) is 2.93. The van der Waals surface area contributed by atoms with E-state index in [0.29, 0.717) is 11.3 Å². The third-order valence-corrected chi connectivity index (χ3v) is 4.44. The van der Waals surface area contributed by atoms with Crippen LogP contribution in [0.5, 0.6) is 0 Å². The van der Waals surface area contributed by atoms with Crippen LogP contribution >= 0.6 is 23.1 Å². The van der Waals surface area contributed by atoms with Gasteiger partial charge in [-0.15, -0.1) is 10.2 Å². The fourth-order valence-corrected chi connectivity index (χ4v) is 3.24. The topological polar surface area (TPSA) is 58.0 Å². The molecule has 0 saturated carbocycles. The van der Waals surface area contributed by atoms with Crippen molar-refractivity contribution in [1.82, 2.24) is 10.2 Å². The Morgan fingerprint density at radius 1 is 1.37 bits per heavy atom. The summed E-state index contributed by atoms with van der Waals surface area (Å²) in [5.41, 5.74) is 0.699. The standard InChI is InChI=1S/C12H14FN3OS2/c1-2-14-11-15-16-12(19-11)18-7-10(17)8-3-5-9(13)6-4-8/h3-6,10,17H,2,7H2,1H3,(H,14,15)/t10-/m1/s1. The molecule has 7 heteroatoms. The molecule has 1 heterocycles. The lowest BCUT2D eigenvalue weighted by Crippen LogP contribution is -2.00. The number of aromatic nitrogens is 2. The first-order chi connectivity index (χ1) is 9.19. The normalized spacial score (nSPS) is 12.4. The highest BCUT2D eigenvalue weighted by Gasteiger charge is 2.11. The van der Waals surface area contributed by atoms with Crippen LogP contribution in [0.3, 0.4) is 0 Å². The molecular weight excluding hydrogens is 285 g/mol. The molecule has 4 nitrogen and oxygen atoms in total. The van der Waals surface area contributed by atoms with Gasteiger partial charge in [0.25, 0.3) is 0 Å². The van der Waals surface area contributed by atoms with E-state index in [1.165, 1.54) is 35.2 Å². The van der Waals surface area contributed by atoms with Crippen molar-refractivity contribution in [1.29, 1.82) is 0 Å². The Hall–Kier alpha value is -1.18. The van der Waals surface area contributed by atoms with Gasteiger partial charge in [0, 0.05) is 12.3 Å². The van der Waals surface area contributed by atoms with Crippen LogP contribution in [0.1, 0.15) is 18.6 Å². The Balaban J connectivity index is 1.88. The zero-order chi connectivity index (χ0) is 13.7. The number of nitrogens with zero attached hydrogens (tertiary/aromatic N) is 2. The average molecular weight is 299 g/mol. The zero-order valence-electron chi connectivity index (χ0n) is 10.3. The first-order valence-electron chi connectivity index (χ1n) is 5.82. The van der Waals surface area contributed by atoms with Crippen LogP contribution in [-0.4, -0.2) is 27.6 Å². The Labute approximate surface area is 119 Å². The van der Waals surface area contributed by atoms with Crippen LogP contribution in [0, 0.1) is 5.82 Å². The fraction of sp³-hybridized carbons (Fsp3) is 0.333. The number of hydrogen-bond acceptors (Lipinski definition) is 6. The summed E-state index contributed by atoms with van der Waals surface area (Å²) < 4.78 is 13.6. The van der Waals surface area contributed by atoms with Crippen molar-refractivity contribution < 1.29 is 9.50 Å². The molecular formula is C12H14FN3OS2. The molecule has 2 rings (SSSR count). The number of benzene rings is 1. The minimum atomic E-state index is -0.642. The molecule has 0 spiro atoms.